The second-order valence-corrected chi connectivity index (χ2v) is 18.8. The van der Waals surface area contributed by atoms with Gasteiger partial charge < -0.3 is 9.13 Å². The summed E-state index contributed by atoms with van der Waals surface area (Å²) in [6, 6.07) is 84.9. The molecular formula is C69H37N9. The Kier molecular flexibility index (Phi) is 11.2. The number of aromatic nitrogens is 4. The van der Waals surface area contributed by atoms with E-state index >= 15 is 0 Å². The van der Waals surface area contributed by atoms with Crippen LogP contribution in [0.4, 0.5) is 0 Å². The van der Waals surface area contributed by atoms with Gasteiger partial charge in [-0.2, -0.15) is 26.3 Å². The fourth-order valence-electron chi connectivity index (χ4n) is 11.1. The van der Waals surface area contributed by atoms with Gasteiger partial charge in [-0.25, -0.2) is 9.97 Å². The topological polar surface area (TPSA) is 155 Å². The summed E-state index contributed by atoms with van der Waals surface area (Å²) in [5, 5.41) is 55.2. The van der Waals surface area contributed by atoms with Gasteiger partial charge in [-0.05, 0) is 107 Å². The fraction of sp³-hybridized carbons (Fsp3) is 0. The molecule has 0 N–H and O–H groups in total. The van der Waals surface area contributed by atoms with Crippen LogP contribution in [0.2, 0.25) is 0 Å². The lowest BCUT2D eigenvalue weighted by molar-refractivity contribution is 1.14. The maximum atomic E-state index is 11.5. The Hall–Kier alpha value is -11.7. The highest BCUT2D eigenvalue weighted by Gasteiger charge is 2.27. The molecule has 0 spiro atoms. The summed E-state index contributed by atoms with van der Waals surface area (Å²) in [6.45, 7) is 0. The van der Waals surface area contributed by atoms with E-state index in [1.807, 2.05) is 140 Å². The van der Waals surface area contributed by atoms with Gasteiger partial charge in [0.1, 0.15) is 0 Å². The molecule has 3 heterocycles. The van der Waals surface area contributed by atoms with Gasteiger partial charge in [0.15, 0.2) is 5.82 Å². The molecule has 10 aromatic carbocycles. The van der Waals surface area contributed by atoms with E-state index in [1.54, 1.807) is 24.3 Å². The lowest BCUT2D eigenvalue weighted by Gasteiger charge is -2.22. The maximum absolute atomic E-state index is 11.5. The van der Waals surface area contributed by atoms with Crippen LogP contribution >= 0.6 is 0 Å². The molecule has 0 amide bonds. The van der Waals surface area contributed by atoms with Gasteiger partial charge in [-0.15, -0.1) is 0 Å². The zero-order valence-corrected chi connectivity index (χ0v) is 41.4. The molecule has 0 aliphatic heterocycles. The van der Waals surface area contributed by atoms with Crippen molar-refractivity contribution in [3.05, 3.63) is 252 Å². The summed E-state index contributed by atoms with van der Waals surface area (Å²) in [4.78, 5) is 10.8. The number of benzene rings is 10. The van der Waals surface area contributed by atoms with E-state index in [1.165, 1.54) is 0 Å². The van der Waals surface area contributed by atoms with Crippen molar-refractivity contribution >= 4 is 43.6 Å². The fourth-order valence-corrected chi connectivity index (χ4v) is 11.1. The van der Waals surface area contributed by atoms with Crippen LogP contribution in [0, 0.1) is 56.7 Å². The third-order valence-electron chi connectivity index (χ3n) is 14.5. The van der Waals surface area contributed by atoms with Crippen molar-refractivity contribution in [3.63, 3.8) is 0 Å². The number of hydrogen-bond donors (Lipinski definition) is 0. The third kappa shape index (κ3) is 7.59. The Labute approximate surface area is 448 Å². The molecule has 0 unspecified atom stereocenters. The standard InChI is InChI=1S/C69H37N9/c70-38-43-25-29-52(50(33-43)41-73)47-27-31-63-57(35-47)54-18-7-9-21-61(54)77(63)65-23-11-17-49(40-72)67(65)68-56(69-75-59(45-13-3-1-4-14-45)37-60(76-69)46-15-5-2-6-16-46)20-12-24-66(68)78-62-22-10-8-19-55(62)58-36-48(28-32-64(58)78)53-30-26-44(39-71)34-51(53)42-74/h1-37H. The molecule has 78 heavy (non-hydrogen) atoms. The molecule has 3 aromatic heterocycles. The number of fused-ring (bicyclic) bond motifs is 6. The Balaban J connectivity index is 1.14. The predicted octanol–water partition coefficient (Wildman–Crippen LogP) is 16.0. The average Bonchev–Trinajstić information content (AvgIpc) is 4.24. The van der Waals surface area contributed by atoms with Crippen molar-refractivity contribution < 1.29 is 0 Å². The van der Waals surface area contributed by atoms with Gasteiger partial charge in [0.05, 0.1) is 103 Å². The zero-order valence-electron chi connectivity index (χ0n) is 41.4. The molecule has 9 nitrogen and oxygen atoms in total. The summed E-state index contributed by atoms with van der Waals surface area (Å²) in [7, 11) is 0. The van der Waals surface area contributed by atoms with Crippen LogP contribution in [0.15, 0.2) is 224 Å². The number of rotatable bonds is 8. The van der Waals surface area contributed by atoms with Crippen molar-refractivity contribution in [2.24, 2.45) is 0 Å². The molecule has 358 valence electrons. The molecule has 0 aliphatic rings. The predicted molar refractivity (Wildman–Crippen MR) is 307 cm³/mol. The Morgan fingerprint density at radius 3 is 1.23 bits per heavy atom. The molecule has 0 aliphatic carbocycles. The second-order valence-electron chi connectivity index (χ2n) is 18.8. The highest BCUT2D eigenvalue weighted by Crippen LogP contribution is 2.47. The van der Waals surface area contributed by atoms with Gasteiger partial charge in [0.25, 0.3) is 0 Å². The summed E-state index contributed by atoms with van der Waals surface area (Å²) in [6.07, 6.45) is 0. The van der Waals surface area contributed by atoms with Crippen LogP contribution in [-0.2, 0) is 0 Å². The molecule has 9 heteroatoms. The van der Waals surface area contributed by atoms with Crippen molar-refractivity contribution in [1.29, 1.82) is 26.3 Å². The average molecular weight is 992 g/mol. The van der Waals surface area contributed by atoms with Crippen LogP contribution in [0.3, 0.4) is 0 Å². The molecule has 0 bridgehead atoms. The molecule has 0 saturated heterocycles. The summed E-state index contributed by atoms with van der Waals surface area (Å²) in [5.74, 6) is 0.459. The number of nitriles is 5. The van der Waals surface area contributed by atoms with E-state index in [-0.39, 0.29) is 0 Å². The first-order valence-corrected chi connectivity index (χ1v) is 25.1. The first-order chi connectivity index (χ1) is 38.5. The number of para-hydroxylation sites is 2. The maximum Gasteiger partial charge on any atom is 0.161 e. The smallest absolute Gasteiger partial charge is 0.161 e. The largest absolute Gasteiger partial charge is 0.309 e. The van der Waals surface area contributed by atoms with Crippen molar-refractivity contribution in [2.75, 3.05) is 0 Å². The van der Waals surface area contributed by atoms with Crippen LogP contribution in [-0.4, -0.2) is 19.1 Å². The van der Waals surface area contributed by atoms with Crippen LogP contribution < -0.4 is 0 Å². The zero-order chi connectivity index (χ0) is 52.9. The monoisotopic (exact) mass is 991 g/mol. The van der Waals surface area contributed by atoms with Crippen molar-refractivity contribution in [1.82, 2.24) is 19.1 Å². The molecular weight excluding hydrogens is 955 g/mol. The highest BCUT2D eigenvalue weighted by atomic mass is 15.0. The first kappa shape index (κ1) is 46.1. The van der Waals surface area contributed by atoms with Gasteiger partial charge in [-0.1, -0.05) is 140 Å². The molecule has 0 radical (unpaired) electrons. The van der Waals surface area contributed by atoms with Crippen LogP contribution in [0.1, 0.15) is 27.8 Å². The highest BCUT2D eigenvalue weighted by molar-refractivity contribution is 6.13. The van der Waals surface area contributed by atoms with Gasteiger partial charge in [0, 0.05) is 49.4 Å². The summed E-state index contributed by atoms with van der Waals surface area (Å²) < 4.78 is 4.46. The third-order valence-corrected chi connectivity index (χ3v) is 14.5. The first-order valence-electron chi connectivity index (χ1n) is 25.1. The molecule has 0 saturated carbocycles. The minimum absolute atomic E-state index is 0.404. The Morgan fingerprint density at radius 1 is 0.295 bits per heavy atom. The minimum atomic E-state index is 0.404. The molecule has 13 rings (SSSR count). The number of nitrogens with zero attached hydrogens (tertiary/aromatic N) is 9. The molecule has 0 atom stereocenters. The van der Waals surface area contributed by atoms with Crippen LogP contribution in [0.25, 0.3) is 122 Å². The quantitative estimate of drug-likeness (QED) is 0.147. The van der Waals surface area contributed by atoms with E-state index in [9.17, 15) is 26.3 Å². The van der Waals surface area contributed by atoms with Crippen LogP contribution in [0.5, 0.6) is 0 Å². The van der Waals surface area contributed by atoms with E-state index in [2.05, 4.69) is 100 Å². The van der Waals surface area contributed by atoms with Gasteiger partial charge >= 0.3 is 0 Å². The summed E-state index contributed by atoms with van der Waals surface area (Å²) >= 11 is 0. The Morgan fingerprint density at radius 2 is 0.744 bits per heavy atom. The van der Waals surface area contributed by atoms with Gasteiger partial charge in [0.2, 0.25) is 0 Å². The van der Waals surface area contributed by atoms with E-state index in [0.717, 1.165) is 99.8 Å². The van der Waals surface area contributed by atoms with Crippen molar-refractivity contribution in [3.8, 4) is 109 Å². The SMILES string of the molecule is N#Cc1ccc(-c2ccc3c(c2)c2ccccc2n3-c2cccc(C#N)c2-c2c(-c3nc(-c4ccccc4)cc(-c4ccccc4)n3)cccc2-n2c3ccccc3c3cc(-c4ccc(C#N)cc4C#N)ccc32)c(C#N)c1. The molecule has 13 aromatic rings. The minimum Gasteiger partial charge on any atom is -0.309 e. The van der Waals surface area contributed by atoms with E-state index < -0.39 is 0 Å². The van der Waals surface area contributed by atoms with Crippen molar-refractivity contribution in [2.45, 2.75) is 0 Å². The number of hydrogen-bond acceptors (Lipinski definition) is 7. The summed E-state index contributed by atoms with van der Waals surface area (Å²) in [5.41, 5.74) is 15.6. The normalized spacial score (nSPS) is 11.0. The lowest BCUT2D eigenvalue weighted by Crippen LogP contribution is -2.06. The lowest BCUT2D eigenvalue weighted by atomic mass is 9.91. The van der Waals surface area contributed by atoms with E-state index in [0.29, 0.717) is 50.3 Å². The Bertz CT molecular complexity index is 4800. The van der Waals surface area contributed by atoms with E-state index in [4.69, 9.17) is 9.97 Å². The second kappa shape index (κ2) is 19.0. The van der Waals surface area contributed by atoms with Gasteiger partial charge in [-0.3, -0.25) is 0 Å². The molecule has 0 fully saturated rings.